The van der Waals surface area contributed by atoms with Crippen molar-refractivity contribution in [2.24, 2.45) is 9.98 Å². The number of para-hydroxylation sites is 1. The van der Waals surface area contributed by atoms with E-state index in [-0.39, 0.29) is 12.1 Å². The average molecular weight is 663 g/mol. The predicted molar refractivity (Wildman–Crippen MR) is 211 cm³/mol. The second-order valence-electron chi connectivity index (χ2n) is 14.3. The summed E-state index contributed by atoms with van der Waals surface area (Å²) in [7, 11) is 0. The Labute approximate surface area is 301 Å². The summed E-state index contributed by atoms with van der Waals surface area (Å²) in [6.45, 7) is 0. The van der Waals surface area contributed by atoms with Gasteiger partial charge in [0.15, 0.2) is 11.9 Å². The molecule has 0 aromatic heterocycles. The van der Waals surface area contributed by atoms with Crippen molar-refractivity contribution in [1.29, 1.82) is 0 Å². The van der Waals surface area contributed by atoms with Crippen LogP contribution in [0.15, 0.2) is 180 Å². The van der Waals surface area contributed by atoms with Gasteiger partial charge in [-0.1, -0.05) is 152 Å². The summed E-state index contributed by atoms with van der Waals surface area (Å²) in [5, 5.41) is 5.29. The highest BCUT2D eigenvalue weighted by Gasteiger charge is 2.51. The molecule has 0 saturated carbocycles. The van der Waals surface area contributed by atoms with Crippen LogP contribution in [0.1, 0.15) is 45.0 Å². The fourth-order valence-electron chi connectivity index (χ4n) is 9.66. The lowest BCUT2D eigenvalue weighted by Crippen LogP contribution is -2.34. The first-order valence-corrected chi connectivity index (χ1v) is 18.1. The molecule has 2 heterocycles. The van der Waals surface area contributed by atoms with E-state index in [2.05, 4.69) is 164 Å². The van der Waals surface area contributed by atoms with Crippen LogP contribution in [-0.4, -0.2) is 17.7 Å². The van der Waals surface area contributed by atoms with Crippen LogP contribution in [0, 0.1) is 0 Å². The summed E-state index contributed by atoms with van der Waals surface area (Å²) < 4.78 is 6.66. The van der Waals surface area contributed by atoms with E-state index in [0.29, 0.717) is 0 Å². The average Bonchev–Trinajstić information content (AvgIpc) is 3.85. The van der Waals surface area contributed by atoms with Crippen molar-refractivity contribution >= 4 is 33.1 Å². The van der Waals surface area contributed by atoms with E-state index in [1.165, 1.54) is 60.5 Å². The Morgan fingerprint density at radius 2 is 1.12 bits per heavy atom. The lowest BCUT2D eigenvalue weighted by molar-refractivity contribution is 0.275. The number of hydrogen-bond acceptors (Lipinski definition) is 3. The maximum atomic E-state index is 6.66. The molecule has 3 heteroatoms. The predicted octanol–water partition coefficient (Wildman–Crippen LogP) is 11.1. The summed E-state index contributed by atoms with van der Waals surface area (Å²) in [5.41, 5.74) is 13.8. The van der Waals surface area contributed by atoms with Crippen molar-refractivity contribution in [3.8, 4) is 28.0 Å². The minimum Gasteiger partial charge on any atom is -0.481 e. The third-order valence-corrected chi connectivity index (χ3v) is 11.8. The van der Waals surface area contributed by atoms with E-state index in [0.717, 1.165) is 39.6 Å². The third kappa shape index (κ3) is 3.60. The van der Waals surface area contributed by atoms with Crippen LogP contribution in [0.2, 0.25) is 0 Å². The Morgan fingerprint density at radius 1 is 0.462 bits per heavy atom. The van der Waals surface area contributed by atoms with E-state index >= 15 is 0 Å². The normalized spacial score (nSPS) is 18.2. The second-order valence-corrected chi connectivity index (χ2v) is 14.3. The Balaban J connectivity index is 1.09. The highest BCUT2D eigenvalue weighted by molar-refractivity contribution is 6.19. The highest BCUT2D eigenvalue weighted by Crippen LogP contribution is 2.62. The van der Waals surface area contributed by atoms with Gasteiger partial charge in [-0.25, -0.2) is 4.99 Å². The number of rotatable bonds is 3. The van der Waals surface area contributed by atoms with E-state index in [1.54, 1.807) is 0 Å². The number of fused-ring (bicyclic) bond motifs is 10. The monoisotopic (exact) mass is 662 g/mol. The first-order chi connectivity index (χ1) is 25.8. The minimum atomic E-state index is -0.442. The lowest BCUT2D eigenvalue weighted by Gasteiger charge is -2.31. The molecule has 2 atom stereocenters. The number of amidine groups is 1. The maximum absolute atomic E-state index is 6.66. The summed E-state index contributed by atoms with van der Waals surface area (Å²) in [4.78, 5) is 10.9. The Morgan fingerprint density at radius 3 is 1.94 bits per heavy atom. The zero-order valence-corrected chi connectivity index (χ0v) is 28.1. The maximum Gasteiger partial charge on any atom is 0.168 e. The molecule has 8 aromatic rings. The molecule has 0 saturated heterocycles. The van der Waals surface area contributed by atoms with Gasteiger partial charge in [-0.05, 0) is 84.3 Å². The van der Waals surface area contributed by atoms with Crippen LogP contribution in [0.4, 0.5) is 0 Å². The van der Waals surface area contributed by atoms with Crippen molar-refractivity contribution in [1.82, 2.24) is 0 Å². The van der Waals surface area contributed by atoms with Gasteiger partial charge in [-0.3, -0.25) is 4.99 Å². The van der Waals surface area contributed by atoms with Crippen LogP contribution in [0.25, 0.3) is 43.8 Å². The lowest BCUT2D eigenvalue weighted by atomic mass is 9.70. The van der Waals surface area contributed by atoms with Crippen molar-refractivity contribution < 1.29 is 4.74 Å². The molecule has 1 spiro atoms. The van der Waals surface area contributed by atoms with Gasteiger partial charge < -0.3 is 4.74 Å². The van der Waals surface area contributed by atoms with Crippen molar-refractivity contribution in [3.63, 3.8) is 0 Å². The van der Waals surface area contributed by atoms with E-state index in [1.807, 2.05) is 6.07 Å². The molecule has 0 amide bonds. The van der Waals surface area contributed by atoms with Crippen molar-refractivity contribution in [2.75, 3.05) is 0 Å². The van der Waals surface area contributed by atoms with Crippen LogP contribution in [-0.2, 0) is 5.41 Å². The van der Waals surface area contributed by atoms with Crippen molar-refractivity contribution in [2.45, 2.75) is 17.6 Å². The molecule has 0 bridgehead atoms. The number of hydrogen-bond donors (Lipinski definition) is 0. The molecular formula is C49H30N2O. The zero-order chi connectivity index (χ0) is 34.0. The topological polar surface area (TPSA) is 34.0 Å². The summed E-state index contributed by atoms with van der Waals surface area (Å²) in [6, 6.07) is 61.5. The molecule has 3 nitrogen and oxygen atoms in total. The molecule has 2 aliphatic carbocycles. The van der Waals surface area contributed by atoms with Gasteiger partial charge in [0.25, 0.3) is 0 Å². The van der Waals surface area contributed by atoms with Gasteiger partial charge in [0.05, 0.1) is 11.1 Å². The molecule has 0 radical (unpaired) electrons. The van der Waals surface area contributed by atoms with Gasteiger partial charge in [0, 0.05) is 16.7 Å². The number of nitrogens with zero attached hydrogens (tertiary/aromatic N) is 2. The number of aliphatic imine (C=N–C) groups is 2. The largest absolute Gasteiger partial charge is 0.481 e. The molecule has 2 unspecified atom stereocenters. The van der Waals surface area contributed by atoms with E-state index < -0.39 is 5.41 Å². The molecule has 12 rings (SSSR count). The van der Waals surface area contributed by atoms with Crippen LogP contribution in [0.5, 0.6) is 5.75 Å². The molecule has 4 aliphatic rings. The fraction of sp³-hybridized carbons (Fsp3) is 0.0612. The standard InChI is InChI=1S/C49H30N2O/c1-2-11-29(12-3-1)32-15-8-16-33(27-32)45-47-46(37-18-5-7-22-42(37)52-47)51-48(50-45)34-25-26-36-35-17-4-6-19-38(35)49(41(36)28-34)39-20-9-13-30-23-24-31-14-10-21-40(49)44(31)43(30)39/h1-28,46-47H. The van der Waals surface area contributed by atoms with Crippen LogP contribution in [0.3, 0.4) is 0 Å². The van der Waals surface area contributed by atoms with Gasteiger partial charge in [-0.15, -0.1) is 0 Å². The number of benzene rings is 8. The van der Waals surface area contributed by atoms with Crippen LogP contribution >= 0.6 is 0 Å². The minimum absolute atomic E-state index is 0.197. The molecule has 0 N–H and O–H groups in total. The molecule has 0 fully saturated rings. The van der Waals surface area contributed by atoms with E-state index in [9.17, 15) is 0 Å². The Kier molecular flexibility index (Phi) is 5.55. The molecule has 8 aromatic carbocycles. The second kappa shape index (κ2) is 10.2. The summed E-state index contributed by atoms with van der Waals surface area (Å²) in [6.07, 6.45) is -0.309. The molecule has 2 aliphatic heterocycles. The quantitative estimate of drug-likeness (QED) is 0.173. The van der Waals surface area contributed by atoms with Gasteiger partial charge in [0.2, 0.25) is 0 Å². The van der Waals surface area contributed by atoms with E-state index in [4.69, 9.17) is 14.7 Å². The first-order valence-electron chi connectivity index (χ1n) is 18.1. The fourth-order valence-corrected chi connectivity index (χ4v) is 9.66. The van der Waals surface area contributed by atoms with Crippen molar-refractivity contribution in [3.05, 3.63) is 209 Å². The SMILES string of the molecule is c1ccc(-c2cccc(C3=NC(c4ccc5c(c4)C4(c6ccccc6-5)c5cccc6ccc7cccc4c7c56)=NC4c5ccccc5OC34)c2)cc1. The number of ether oxygens (including phenoxy) is 1. The van der Waals surface area contributed by atoms with Gasteiger partial charge in [-0.2, -0.15) is 0 Å². The van der Waals surface area contributed by atoms with Gasteiger partial charge >= 0.3 is 0 Å². The Bertz CT molecular complexity index is 2840. The third-order valence-electron chi connectivity index (χ3n) is 11.8. The molecule has 52 heavy (non-hydrogen) atoms. The summed E-state index contributed by atoms with van der Waals surface area (Å²) >= 11 is 0. The van der Waals surface area contributed by atoms with Crippen LogP contribution < -0.4 is 4.74 Å². The molecular weight excluding hydrogens is 633 g/mol. The Hall–Kier alpha value is -6.58. The zero-order valence-electron chi connectivity index (χ0n) is 28.1. The first kappa shape index (κ1) is 28.2. The highest BCUT2D eigenvalue weighted by atomic mass is 16.5. The summed E-state index contributed by atoms with van der Waals surface area (Å²) in [5.74, 6) is 1.62. The van der Waals surface area contributed by atoms with Gasteiger partial charge in [0.1, 0.15) is 11.8 Å². The smallest absolute Gasteiger partial charge is 0.168 e. The molecule has 242 valence electrons.